The lowest BCUT2D eigenvalue weighted by molar-refractivity contribution is 0.202. The zero-order chi connectivity index (χ0) is 5.86. The van der Waals surface area contributed by atoms with E-state index in [4.69, 9.17) is 4.52 Å². The molecule has 0 saturated heterocycles. The van der Waals surface area contributed by atoms with E-state index in [1.165, 1.54) is 0 Å². The van der Waals surface area contributed by atoms with Crippen LogP contribution in [0.1, 0.15) is 20.8 Å². The molecule has 0 saturated carbocycles. The molecular weight excluding hydrogens is 107 g/mol. The standard InChI is InChI=1S/C5H13OP/c1-4(2)5(3)6-7/h4-5H,7H2,1-3H3. The molecule has 0 fully saturated rings. The second kappa shape index (κ2) is 3.40. The molecule has 0 aromatic carbocycles. The van der Waals surface area contributed by atoms with Gasteiger partial charge >= 0.3 is 0 Å². The summed E-state index contributed by atoms with van der Waals surface area (Å²) in [7, 11) is 2.26. The molecule has 2 unspecified atom stereocenters. The molecule has 2 atom stereocenters. The van der Waals surface area contributed by atoms with Crippen LogP contribution >= 0.6 is 9.47 Å². The first-order valence-electron chi connectivity index (χ1n) is 2.54. The van der Waals surface area contributed by atoms with Gasteiger partial charge in [-0.25, -0.2) is 0 Å². The summed E-state index contributed by atoms with van der Waals surface area (Å²) in [6.07, 6.45) is 0.366. The van der Waals surface area contributed by atoms with Crippen LogP contribution in [0, 0.1) is 5.92 Å². The maximum atomic E-state index is 4.93. The summed E-state index contributed by atoms with van der Waals surface area (Å²) < 4.78 is 4.93. The largest absolute Gasteiger partial charge is 0.362 e. The van der Waals surface area contributed by atoms with E-state index in [9.17, 15) is 0 Å². The quantitative estimate of drug-likeness (QED) is 0.505. The van der Waals surface area contributed by atoms with Crippen molar-refractivity contribution in [2.45, 2.75) is 26.9 Å². The van der Waals surface area contributed by atoms with Gasteiger partial charge < -0.3 is 4.52 Å². The van der Waals surface area contributed by atoms with Crippen molar-refractivity contribution in [1.29, 1.82) is 0 Å². The Kier molecular flexibility index (Phi) is 3.59. The van der Waals surface area contributed by atoms with Gasteiger partial charge in [0.2, 0.25) is 0 Å². The third-order valence-corrected chi connectivity index (χ3v) is 1.58. The fourth-order valence-electron chi connectivity index (χ4n) is 0.157. The Morgan fingerprint density at radius 3 is 1.71 bits per heavy atom. The van der Waals surface area contributed by atoms with Gasteiger partial charge in [0.1, 0.15) is 0 Å². The lowest BCUT2D eigenvalue weighted by Gasteiger charge is -2.11. The Morgan fingerprint density at radius 1 is 1.29 bits per heavy atom. The number of hydrogen-bond donors (Lipinski definition) is 0. The van der Waals surface area contributed by atoms with Gasteiger partial charge in [-0.15, -0.1) is 0 Å². The third kappa shape index (κ3) is 3.02. The fraction of sp³-hybridized carbons (Fsp3) is 1.00. The molecule has 0 rings (SSSR count). The van der Waals surface area contributed by atoms with Gasteiger partial charge in [0.25, 0.3) is 0 Å². The van der Waals surface area contributed by atoms with Crippen LogP contribution in [0.15, 0.2) is 0 Å². The summed E-state index contributed by atoms with van der Waals surface area (Å²) >= 11 is 0. The molecule has 1 nitrogen and oxygen atoms in total. The minimum absolute atomic E-state index is 0.366. The van der Waals surface area contributed by atoms with Crippen LogP contribution in [0.3, 0.4) is 0 Å². The van der Waals surface area contributed by atoms with Gasteiger partial charge in [-0.2, -0.15) is 0 Å². The van der Waals surface area contributed by atoms with Crippen molar-refractivity contribution in [3.05, 3.63) is 0 Å². The number of hydrogen-bond acceptors (Lipinski definition) is 1. The van der Waals surface area contributed by atoms with Crippen LogP contribution in [-0.4, -0.2) is 6.10 Å². The van der Waals surface area contributed by atoms with Crippen molar-refractivity contribution in [2.75, 3.05) is 0 Å². The summed E-state index contributed by atoms with van der Waals surface area (Å²) in [5.41, 5.74) is 0. The lowest BCUT2D eigenvalue weighted by atomic mass is 10.1. The minimum Gasteiger partial charge on any atom is -0.362 e. The second-order valence-corrected chi connectivity index (χ2v) is 2.36. The van der Waals surface area contributed by atoms with E-state index >= 15 is 0 Å². The SMILES string of the molecule is CC(C)C(C)OP. The summed E-state index contributed by atoms with van der Waals surface area (Å²) in [5, 5.41) is 0. The first-order valence-corrected chi connectivity index (χ1v) is 3.01. The van der Waals surface area contributed by atoms with Gasteiger partial charge in [0.15, 0.2) is 0 Å². The predicted octanol–water partition coefficient (Wildman–Crippen LogP) is 1.84. The molecule has 0 radical (unpaired) electrons. The van der Waals surface area contributed by atoms with Crippen molar-refractivity contribution < 1.29 is 4.52 Å². The maximum absolute atomic E-state index is 4.93. The average Bonchev–Trinajstić information content (AvgIpc) is 1.65. The topological polar surface area (TPSA) is 9.23 Å². The molecule has 0 aromatic heterocycles. The molecule has 0 aromatic rings. The van der Waals surface area contributed by atoms with Crippen molar-refractivity contribution in [1.82, 2.24) is 0 Å². The van der Waals surface area contributed by atoms with E-state index in [0.717, 1.165) is 0 Å². The molecule has 0 amide bonds. The number of rotatable bonds is 2. The van der Waals surface area contributed by atoms with Crippen molar-refractivity contribution in [3.8, 4) is 0 Å². The molecular formula is C5H13OP. The molecule has 0 aliphatic heterocycles. The van der Waals surface area contributed by atoms with Gasteiger partial charge in [-0.05, 0) is 12.8 Å². The van der Waals surface area contributed by atoms with Gasteiger partial charge in [0, 0.05) is 9.47 Å². The highest BCUT2D eigenvalue weighted by molar-refractivity contribution is 7.09. The predicted molar refractivity (Wildman–Crippen MR) is 35.1 cm³/mol. The van der Waals surface area contributed by atoms with E-state index in [2.05, 4.69) is 30.2 Å². The second-order valence-electron chi connectivity index (χ2n) is 2.09. The molecule has 0 bridgehead atoms. The molecule has 0 N–H and O–H groups in total. The summed E-state index contributed by atoms with van der Waals surface area (Å²) in [6, 6.07) is 0. The molecule has 0 heterocycles. The Morgan fingerprint density at radius 2 is 1.71 bits per heavy atom. The Bertz CT molecular complexity index is 45.3. The van der Waals surface area contributed by atoms with E-state index < -0.39 is 0 Å². The summed E-state index contributed by atoms with van der Waals surface area (Å²) in [5.74, 6) is 0.623. The van der Waals surface area contributed by atoms with Crippen LogP contribution in [0.25, 0.3) is 0 Å². The van der Waals surface area contributed by atoms with E-state index in [1.807, 2.05) is 0 Å². The van der Waals surface area contributed by atoms with Crippen LogP contribution in [-0.2, 0) is 4.52 Å². The first-order chi connectivity index (χ1) is 3.18. The molecule has 0 aliphatic carbocycles. The first kappa shape index (κ1) is 7.39. The highest BCUT2D eigenvalue weighted by atomic mass is 31.0. The van der Waals surface area contributed by atoms with Gasteiger partial charge in [-0.3, -0.25) is 0 Å². The lowest BCUT2D eigenvalue weighted by Crippen LogP contribution is -2.09. The third-order valence-electron chi connectivity index (χ3n) is 1.15. The van der Waals surface area contributed by atoms with E-state index in [-0.39, 0.29) is 0 Å². The molecule has 7 heavy (non-hydrogen) atoms. The Labute approximate surface area is 47.7 Å². The van der Waals surface area contributed by atoms with E-state index in [1.54, 1.807) is 0 Å². The van der Waals surface area contributed by atoms with Crippen LogP contribution in [0.4, 0.5) is 0 Å². The zero-order valence-electron chi connectivity index (χ0n) is 5.14. The summed E-state index contributed by atoms with van der Waals surface area (Å²) in [4.78, 5) is 0. The van der Waals surface area contributed by atoms with Crippen LogP contribution < -0.4 is 0 Å². The molecule has 0 aliphatic rings. The molecule has 44 valence electrons. The Hall–Kier alpha value is 0.390. The minimum atomic E-state index is 0.366. The highest BCUT2D eigenvalue weighted by Crippen LogP contribution is 2.07. The maximum Gasteiger partial charge on any atom is 0.0605 e. The van der Waals surface area contributed by atoms with Crippen molar-refractivity contribution in [2.24, 2.45) is 5.92 Å². The Balaban J connectivity index is 3.14. The van der Waals surface area contributed by atoms with Crippen LogP contribution in [0.5, 0.6) is 0 Å². The normalized spacial score (nSPS) is 15.0. The zero-order valence-corrected chi connectivity index (χ0v) is 6.29. The molecule has 0 spiro atoms. The van der Waals surface area contributed by atoms with E-state index in [0.29, 0.717) is 12.0 Å². The monoisotopic (exact) mass is 120 g/mol. The highest BCUT2D eigenvalue weighted by Gasteiger charge is 2.02. The van der Waals surface area contributed by atoms with Crippen LogP contribution in [0.2, 0.25) is 0 Å². The van der Waals surface area contributed by atoms with Gasteiger partial charge in [0.05, 0.1) is 6.10 Å². The average molecular weight is 120 g/mol. The van der Waals surface area contributed by atoms with Gasteiger partial charge in [-0.1, -0.05) is 13.8 Å². The smallest absolute Gasteiger partial charge is 0.0605 e. The fourth-order valence-corrected chi connectivity index (χ4v) is 0.471. The van der Waals surface area contributed by atoms with Crippen molar-refractivity contribution >= 4 is 9.47 Å². The molecule has 2 heteroatoms. The van der Waals surface area contributed by atoms with Crippen molar-refractivity contribution in [3.63, 3.8) is 0 Å². The summed E-state index contributed by atoms with van der Waals surface area (Å²) in [6.45, 7) is 6.32.